The lowest BCUT2D eigenvalue weighted by Crippen LogP contribution is -1.99. The van der Waals surface area contributed by atoms with E-state index in [2.05, 4.69) is 15.1 Å². The SMILES string of the molecule is CCOc1nc2ccc(OC)cc2cc1-c1noc(C(C)C)n1. The Morgan fingerprint density at radius 2 is 2.00 bits per heavy atom. The normalized spacial score (nSPS) is 11.2. The van der Waals surface area contributed by atoms with E-state index in [0.29, 0.717) is 29.8 Å². The average Bonchev–Trinajstić information content (AvgIpc) is 3.04. The van der Waals surface area contributed by atoms with Gasteiger partial charge in [0.25, 0.3) is 0 Å². The zero-order chi connectivity index (χ0) is 16.4. The Morgan fingerprint density at radius 3 is 2.65 bits per heavy atom. The first-order valence-corrected chi connectivity index (χ1v) is 7.58. The van der Waals surface area contributed by atoms with Gasteiger partial charge >= 0.3 is 0 Å². The zero-order valence-corrected chi connectivity index (χ0v) is 13.7. The van der Waals surface area contributed by atoms with Gasteiger partial charge in [-0.2, -0.15) is 4.98 Å². The summed E-state index contributed by atoms with van der Waals surface area (Å²) in [5.74, 6) is 2.51. The molecule has 0 fully saturated rings. The summed E-state index contributed by atoms with van der Waals surface area (Å²) in [6.45, 7) is 6.44. The first-order valence-electron chi connectivity index (χ1n) is 7.58. The minimum atomic E-state index is 0.167. The topological polar surface area (TPSA) is 70.3 Å². The summed E-state index contributed by atoms with van der Waals surface area (Å²) < 4.78 is 16.2. The number of methoxy groups -OCH3 is 1. The van der Waals surface area contributed by atoms with Gasteiger partial charge < -0.3 is 14.0 Å². The molecule has 3 aromatic rings. The minimum absolute atomic E-state index is 0.167. The van der Waals surface area contributed by atoms with E-state index in [1.807, 2.05) is 45.0 Å². The first-order chi connectivity index (χ1) is 11.1. The molecule has 0 saturated heterocycles. The number of nitrogens with zero attached hydrogens (tertiary/aromatic N) is 3. The molecule has 0 N–H and O–H groups in total. The summed E-state index contributed by atoms with van der Waals surface area (Å²) in [6, 6.07) is 7.64. The third-order valence-corrected chi connectivity index (χ3v) is 3.44. The maximum absolute atomic E-state index is 5.66. The van der Waals surface area contributed by atoms with Gasteiger partial charge in [0.1, 0.15) is 5.75 Å². The van der Waals surface area contributed by atoms with Crippen LogP contribution in [0.3, 0.4) is 0 Å². The first kappa shape index (κ1) is 15.3. The van der Waals surface area contributed by atoms with Crippen LogP contribution in [0.4, 0.5) is 0 Å². The van der Waals surface area contributed by atoms with E-state index < -0.39 is 0 Å². The third kappa shape index (κ3) is 2.97. The number of fused-ring (bicyclic) bond motifs is 1. The molecule has 0 radical (unpaired) electrons. The van der Waals surface area contributed by atoms with Gasteiger partial charge in [0.2, 0.25) is 17.6 Å². The smallest absolute Gasteiger partial charge is 0.229 e. The second kappa shape index (κ2) is 6.24. The van der Waals surface area contributed by atoms with Crippen molar-refractivity contribution < 1.29 is 14.0 Å². The zero-order valence-electron chi connectivity index (χ0n) is 13.7. The van der Waals surface area contributed by atoms with Crippen molar-refractivity contribution in [2.24, 2.45) is 0 Å². The molecule has 6 heteroatoms. The summed E-state index contributed by atoms with van der Waals surface area (Å²) in [6.07, 6.45) is 0. The van der Waals surface area contributed by atoms with Crippen molar-refractivity contribution in [1.82, 2.24) is 15.1 Å². The van der Waals surface area contributed by atoms with Crippen LogP contribution in [0.2, 0.25) is 0 Å². The molecule has 0 unspecified atom stereocenters. The lowest BCUT2D eigenvalue weighted by molar-refractivity contribution is 0.329. The second-order valence-corrected chi connectivity index (χ2v) is 5.44. The van der Waals surface area contributed by atoms with Crippen molar-refractivity contribution in [3.05, 3.63) is 30.2 Å². The number of hydrogen-bond acceptors (Lipinski definition) is 6. The van der Waals surface area contributed by atoms with Crippen molar-refractivity contribution in [1.29, 1.82) is 0 Å². The Hall–Kier alpha value is -2.63. The number of ether oxygens (including phenoxy) is 2. The highest BCUT2D eigenvalue weighted by Gasteiger charge is 2.17. The molecular weight excluding hydrogens is 294 g/mol. The fourth-order valence-corrected chi connectivity index (χ4v) is 2.25. The number of benzene rings is 1. The van der Waals surface area contributed by atoms with Crippen LogP contribution >= 0.6 is 0 Å². The Kier molecular flexibility index (Phi) is 4.14. The maximum atomic E-state index is 5.66. The number of aromatic nitrogens is 3. The number of pyridine rings is 1. The van der Waals surface area contributed by atoms with E-state index in [1.165, 1.54) is 0 Å². The predicted molar refractivity (Wildman–Crippen MR) is 86.8 cm³/mol. The Balaban J connectivity index is 2.16. The summed E-state index contributed by atoms with van der Waals surface area (Å²) in [5, 5.41) is 4.99. The minimum Gasteiger partial charge on any atom is -0.497 e. The summed E-state index contributed by atoms with van der Waals surface area (Å²) >= 11 is 0. The molecule has 0 aliphatic carbocycles. The van der Waals surface area contributed by atoms with Crippen molar-refractivity contribution in [2.75, 3.05) is 13.7 Å². The van der Waals surface area contributed by atoms with Crippen LogP contribution in [-0.4, -0.2) is 28.8 Å². The molecule has 120 valence electrons. The molecule has 0 atom stereocenters. The molecular formula is C17H19N3O3. The van der Waals surface area contributed by atoms with Crippen LogP contribution in [0, 0.1) is 0 Å². The van der Waals surface area contributed by atoms with Gasteiger partial charge in [0, 0.05) is 11.3 Å². The Bertz CT molecular complexity index is 827. The monoisotopic (exact) mass is 313 g/mol. The van der Waals surface area contributed by atoms with E-state index >= 15 is 0 Å². The average molecular weight is 313 g/mol. The van der Waals surface area contributed by atoms with Gasteiger partial charge in [0.05, 0.1) is 24.8 Å². The number of rotatable bonds is 5. The van der Waals surface area contributed by atoms with Gasteiger partial charge in [-0.05, 0) is 31.2 Å². The quantitative estimate of drug-likeness (QED) is 0.713. The molecule has 2 aromatic heterocycles. The second-order valence-electron chi connectivity index (χ2n) is 5.44. The van der Waals surface area contributed by atoms with Crippen LogP contribution < -0.4 is 9.47 Å². The molecule has 3 rings (SSSR count). The Morgan fingerprint density at radius 1 is 1.17 bits per heavy atom. The summed E-state index contributed by atoms with van der Waals surface area (Å²) in [5.41, 5.74) is 1.54. The summed E-state index contributed by atoms with van der Waals surface area (Å²) in [4.78, 5) is 9.01. The van der Waals surface area contributed by atoms with Gasteiger partial charge in [-0.15, -0.1) is 0 Å². The van der Waals surface area contributed by atoms with Crippen LogP contribution in [0.25, 0.3) is 22.3 Å². The van der Waals surface area contributed by atoms with Crippen molar-refractivity contribution in [3.63, 3.8) is 0 Å². The van der Waals surface area contributed by atoms with Gasteiger partial charge in [0.15, 0.2) is 0 Å². The third-order valence-electron chi connectivity index (χ3n) is 3.44. The van der Waals surface area contributed by atoms with Gasteiger partial charge in [-0.3, -0.25) is 0 Å². The Labute approximate surface area is 134 Å². The van der Waals surface area contributed by atoms with E-state index in [0.717, 1.165) is 16.7 Å². The van der Waals surface area contributed by atoms with Crippen LogP contribution in [0.1, 0.15) is 32.6 Å². The molecule has 6 nitrogen and oxygen atoms in total. The van der Waals surface area contributed by atoms with Gasteiger partial charge in [-0.25, -0.2) is 4.98 Å². The maximum Gasteiger partial charge on any atom is 0.229 e. The van der Waals surface area contributed by atoms with E-state index in [1.54, 1.807) is 7.11 Å². The molecule has 0 spiro atoms. The molecule has 0 saturated carbocycles. The van der Waals surface area contributed by atoms with Crippen molar-refractivity contribution in [2.45, 2.75) is 26.7 Å². The summed E-state index contributed by atoms with van der Waals surface area (Å²) in [7, 11) is 1.64. The van der Waals surface area contributed by atoms with Crippen molar-refractivity contribution >= 4 is 10.9 Å². The lowest BCUT2D eigenvalue weighted by atomic mass is 10.1. The highest BCUT2D eigenvalue weighted by molar-refractivity contribution is 5.86. The van der Waals surface area contributed by atoms with Gasteiger partial charge in [-0.1, -0.05) is 19.0 Å². The highest BCUT2D eigenvalue weighted by Crippen LogP contribution is 2.32. The molecule has 2 heterocycles. The molecule has 1 aromatic carbocycles. The fourth-order valence-electron chi connectivity index (χ4n) is 2.25. The molecule has 0 aliphatic heterocycles. The lowest BCUT2D eigenvalue weighted by Gasteiger charge is -2.09. The predicted octanol–water partition coefficient (Wildman–Crippen LogP) is 3.82. The van der Waals surface area contributed by atoms with Crippen LogP contribution in [0.5, 0.6) is 11.6 Å². The standard InChI is InChI=1S/C17H19N3O3/c1-5-22-17-13(15-19-16(10(2)3)23-20-15)9-11-8-12(21-4)6-7-14(11)18-17/h6-10H,5H2,1-4H3. The van der Waals surface area contributed by atoms with E-state index in [-0.39, 0.29) is 5.92 Å². The molecule has 0 amide bonds. The van der Waals surface area contributed by atoms with E-state index in [4.69, 9.17) is 14.0 Å². The van der Waals surface area contributed by atoms with Crippen LogP contribution in [-0.2, 0) is 0 Å². The molecule has 0 bridgehead atoms. The number of hydrogen-bond donors (Lipinski definition) is 0. The fraction of sp³-hybridized carbons (Fsp3) is 0.353. The molecule has 0 aliphatic rings. The highest BCUT2D eigenvalue weighted by atomic mass is 16.5. The molecule has 23 heavy (non-hydrogen) atoms. The van der Waals surface area contributed by atoms with Crippen LogP contribution in [0.15, 0.2) is 28.8 Å². The largest absolute Gasteiger partial charge is 0.497 e. The van der Waals surface area contributed by atoms with E-state index in [9.17, 15) is 0 Å². The van der Waals surface area contributed by atoms with Crippen molar-refractivity contribution in [3.8, 4) is 23.0 Å².